The fraction of sp³-hybridized carbons (Fsp3) is 0.0495. The molecule has 18 aromatic rings. The Labute approximate surface area is 618 Å². The van der Waals surface area contributed by atoms with Crippen molar-refractivity contribution in [3.8, 4) is 67.0 Å². The minimum Gasteiger partial charge on any atom is -0.310 e. The van der Waals surface area contributed by atoms with Gasteiger partial charge in [-0.15, -0.1) is 0 Å². The summed E-state index contributed by atoms with van der Waals surface area (Å²) in [5.74, 6) is 0. The maximum absolute atomic E-state index is 2.71. The van der Waals surface area contributed by atoms with Gasteiger partial charge in [0.25, 0.3) is 6.71 Å². The van der Waals surface area contributed by atoms with E-state index in [4.69, 9.17) is 0 Å². The zero-order valence-corrected chi connectivity index (χ0v) is 59.2. The number of hydrogen-bond acceptors (Lipinski definition) is 2. The quantitative estimate of drug-likeness (QED) is 0.127. The van der Waals surface area contributed by atoms with Crippen LogP contribution in [-0.2, 0) is 10.8 Å². The molecule has 0 saturated heterocycles. The molecule has 4 heterocycles. The molecule has 0 bridgehead atoms. The van der Waals surface area contributed by atoms with Crippen LogP contribution in [0.5, 0.6) is 0 Å². The van der Waals surface area contributed by atoms with Crippen LogP contribution in [0.25, 0.3) is 111 Å². The molecule has 5 heteroatoms. The standard InChI is InChI=1S/C101H71BN4/c1-100(2,3)72-62-93-97-94(63-72)106(99-77(68-36-14-6-15-37-68)50-31-51-78(99)69-38-16-7-17-39-69)92-65-74(104-89-55-29-25-47-83(89)95-90(104)61-58-82-79-44-22-26-52-84(79)101(96(82)95,70-40-18-8-19-41-70)71-42-20-9-21-43-71)57-60-86(92)102(97)85-59-56-73(103-87-53-27-23-45-80(87)81-46-24-28-54-88(81)103)64-91(85)105(93)98-75(66-32-10-4-11-33-66)48-30-49-76(98)67-34-12-5-13-35-67/h4-65H,1-3H3. The molecule has 21 rings (SSSR count). The second kappa shape index (κ2) is 23.9. The van der Waals surface area contributed by atoms with Gasteiger partial charge in [0.2, 0.25) is 0 Å². The van der Waals surface area contributed by atoms with Crippen molar-refractivity contribution in [3.63, 3.8) is 0 Å². The number of para-hydroxylation sites is 5. The first-order valence-electron chi connectivity index (χ1n) is 37.1. The third-order valence-electron chi connectivity index (χ3n) is 23.1. The number of fused-ring (bicyclic) bond motifs is 14. The number of hydrogen-bond donors (Lipinski definition) is 0. The van der Waals surface area contributed by atoms with Gasteiger partial charge in [0.1, 0.15) is 0 Å². The summed E-state index contributed by atoms with van der Waals surface area (Å²) in [6, 6.07) is 142. The van der Waals surface area contributed by atoms with Gasteiger partial charge >= 0.3 is 0 Å². The summed E-state index contributed by atoms with van der Waals surface area (Å²) in [7, 11) is 0. The van der Waals surface area contributed by atoms with Gasteiger partial charge in [-0.2, -0.15) is 0 Å². The first-order valence-corrected chi connectivity index (χ1v) is 37.1. The minimum absolute atomic E-state index is 0.247. The molecule has 0 amide bonds. The van der Waals surface area contributed by atoms with Crippen LogP contribution >= 0.6 is 0 Å². The second-order valence-corrected chi connectivity index (χ2v) is 29.8. The Morgan fingerprint density at radius 2 is 0.651 bits per heavy atom. The lowest BCUT2D eigenvalue weighted by molar-refractivity contribution is 0.590. The number of anilines is 6. The van der Waals surface area contributed by atoms with E-state index < -0.39 is 5.41 Å². The van der Waals surface area contributed by atoms with Crippen molar-refractivity contribution >= 4 is 101 Å². The molecule has 498 valence electrons. The summed E-state index contributed by atoms with van der Waals surface area (Å²) in [5, 5.41) is 4.92. The zero-order valence-electron chi connectivity index (χ0n) is 59.2. The summed E-state index contributed by atoms with van der Waals surface area (Å²) in [5.41, 5.74) is 34.3. The van der Waals surface area contributed by atoms with Crippen molar-refractivity contribution in [2.24, 2.45) is 0 Å². The van der Waals surface area contributed by atoms with Gasteiger partial charge in [-0.25, -0.2) is 0 Å². The van der Waals surface area contributed by atoms with Gasteiger partial charge in [-0.05, 0) is 144 Å². The SMILES string of the molecule is CC(C)(C)c1cc2c3c(c1)N(c1c(-c4ccccc4)cccc1-c1ccccc1)c1cc(-n4c5ccccc5c5c6c(ccc54)-c4ccccc4C6(c4ccccc4)c4ccccc4)ccc1B3c1ccc(-n3c4ccccc4c4ccccc43)cc1N2c1c(-c2ccccc2)cccc1-c1ccccc1. The van der Waals surface area contributed by atoms with E-state index in [-0.39, 0.29) is 12.1 Å². The second-order valence-electron chi connectivity index (χ2n) is 29.8. The molecule has 0 saturated carbocycles. The summed E-state index contributed by atoms with van der Waals surface area (Å²) in [4.78, 5) is 5.41. The van der Waals surface area contributed by atoms with Gasteiger partial charge in [0.15, 0.2) is 0 Å². The van der Waals surface area contributed by atoms with Crippen LogP contribution in [0, 0.1) is 0 Å². The lowest BCUT2D eigenvalue weighted by atomic mass is 9.33. The van der Waals surface area contributed by atoms with E-state index in [0.29, 0.717) is 0 Å². The smallest absolute Gasteiger partial charge is 0.252 e. The fourth-order valence-corrected chi connectivity index (χ4v) is 18.6. The molecule has 16 aromatic carbocycles. The van der Waals surface area contributed by atoms with Crippen molar-refractivity contribution in [1.29, 1.82) is 0 Å². The highest BCUT2D eigenvalue weighted by atomic mass is 15.2. The largest absolute Gasteiger partial charge is 0.310 e. The number of benzene rings is 16. The van der Waals surface area contributed by atoms with Crippen molar-refractivity contribution in [1.82, 2.24) is 9.13 Å². The first kappa shape index (κ1) is 61.4. The number of aromatic nitrogens is 2. The Kier molecular flexibility index (Phi) is 13.9. The maximum Gasteiger partial charge on any atom is 0.252 e. The van der Waals surface area contributed by atoms with Crippen LogP contribution in [-0.4, -0.2) is 15.8 Å². The summed E-state index contributed by atoms with van der Waals surface area (Å²) in [6.45, 7) is 6.93. The molecule has 4 nitrogen and oxygen atoms in total. The van der Waals surface area contributed by atoms with Gasteiger partial charge < -0.3 is 18.9 Å². The van der Waals surface area contributed by atoms with E-state index in [0.717, 1.165) is 101 Å². The minimum atomic E-state index is -0.635. The van der Waals surface area contributed by atoms with E-state index in [1.54, 1.807) is 0 Å². The van der Waals surface area contributed by atoms with Crippen LogP contribution in [0.3, 0.4) is 0 Å². The fourth-order valence-electron chi connectivity index (χ4n) is 18.6. The molecular formula is C101H71BN4. The van der Waals surface area contributed by atoms with Crippen molar-refractivity contribution in [2.75, 3.05) is 9.80 Å². The molecule has 0 unspecified atom stereocenters. The average Bonchev–Trinajstić information content (AvgIpc) is 1.70. The van der Waals surface area contributed by atoms with Crippen LogP contribution in [0.2, 0.25) is 0 Å². The zero-order chi connectivity index (χ0) is 70.4. The molecule has 0 atom stereocenters. The molecule has 0 N–H and O–H groups in total. The summed E-state index contributed by atoms with van der Waals surface area (Å²) in [6.07, 6.45) is 0. The van der Waals surface area contributed by atoms with Crippen LogP contribution in [0.4, 0.5) is 34.1 Å². The summed E-state index contributed by atoms with van der Waals surface area (Å²) < 4.78 is 5.08. The third kappa shape index (κ3) is 9.09. The highest BCUT2D eigenvalue weighted by molar-refractivity contribution is 7.00. The molecular weight excluding hydrogens is 1280 g/mol. The van der Waals surface area contributed by atoms with E-state index in [2.05, 4.69) is 416 Å². The Morgan fingerprint density at radius 1 is 0.283 bits per heavy atom. The molecule has 3 aliphatic rings. The Morgan fingerprint density at radius 3 is 1.09 bits per heavy atom. The lowest BCUT2D eigenvalue weighted by Gasteiger charge is -2.46. The van der Waals surface area contributed by atoms with Crippen LogP contribution in [0.15, 0.2) is 376 Å². The normalized spacial score (nSPS) is 13.3. The van der Waals surface area contributed by atoms with Crippen LogP contribution < -0.4 is 26.2 Å². The predicted molar refractivity (Wildman–Crippen MR) is 447 cm³/mol. The highest BCUT2D eigenvalue weighted by Crippen LogP contribution is 2.60. The van der Waals surface area contributed by atoms with Gasteiger partial charge in [-0.3, -0.25) is 0 Å². The Balaban J connectivity index is 0.910. The molecule has 1 aliphatic carbocycles. The molecule has 2 aromatic heterocycles. The van der Waals surface area contributed by atoms with Crippen molar-refractivity contribution in [2.45, 2.75) is 31.6 Å². The first-order chi connectivity index (χ1) is 52.3. The van der Waals surface area contributed by atoms with Crippen LogP contribution in [0.1, 0.15) is 48.6 Å². The summed E-state index contributed by atoms with van der Waals surface area (Å²) >= 11 is 0. The lowest BCUT2D eigenvalue weighted by Crippen LogP contribution is -2.61. The van der Waals surface area contributed by atoms with E-state index in [1.165, 1.54) is 87.9 Å². The number of nitrogens with zero attached hydrogens (tertiary/aromatic N) is 4. The molecule has 0 fully saturated rings. The average molecular weight is 1350 g/mol. The Hall–Kier alpha value is -13.2. The van der Waals surface area contributed by atoms with Crippen molar-refractivity contribution in [3.05, 3.63) is 404 Å². The van der Waals surface area contributed by atoms with Gasteiger partial charge in [0, 0.05) is 77.9 Å². The van der Waals surface area contributed by atoms with E-state index in [9.17, 15) is 0 Å². The third-order valence-corrected chi connectivity index (χ3v) is 23.1. The van der Waals surface area contributed by atoms with Gasteiger partial charge in [-0.1, -0.05) is 336 Å². The maximum atomic E-state index is 2.71. The molecule has 0 radical (unpaired) electrons. The highest BCUT2D eigenvalue weighted by Gasteiger charge is 2.49. The van der Waals surface area contributed by atoms with E-state index >= 15 is 0 Å². The Bertz CT molecular complexity index is 6340. The number of rotatable bonds is 10. The molecule has 2 aliphatic heterocycles. The predicted octanol–water partition coefficient (Wildman–Crippen LogP) is 24.3. The monoisotopic (exact) mass is 1350 g/mol. The topological polar surface area (TPSA) is 16.3 Å². The van der Waals surface area contributed by atoms with Crippen molar-refractivity contribution < 1.29 is 0 Å². The van der Waals surface area contributed by atoms with E-state index in [1.807, 2.05) is 0 Å². The molecule has 0 spiro atoms. The van der Waals surface area contributed by atoms with Gasteiger partial charge in [0.05, 0.1) is 38.9 Å². The molecule has 106 heavy (non-hydrogen) atoms.